The van der Waals surface area contributed by atoms with Gasteiger partial charge < -0.3 is 9.84 Å². The zero-order chi connectivity index (χ0) is 12.5. The number of rotatable bonds is 7. The van der Waals surface area contributed by atoms with Gasteiger partial charge in [-0.1, -0.05) is 30.3 Å². The van der Waals surface area contributed by atoms with Crippen LogP contribution in [0.1, 0.15) is 29.6 Å². The first-order valence-electron chi connectivity index (χ1n) is 5.59. The molecule has 1 aromatic rings. The number of hydrogen-bond acceptors (Lipinski definition) is 4. The van der Waals surface area contributed by atoms with Gasteiger partial charge in [-0.2, -0.15) is 0 Å². The number of Topliss-reactive ketones (excluding diaryl/α,β-unsaturated/α-hetero) is 1. The minimum absolute atomic E-state index is 0.0838. The molecule has 0 aromatic heterocycles. The predicted molar refractivity (Wildman–Crippen MR) is 62.7 cm³/mol. The molecular weight excluding hydrogens is 220 g/mol. The molecule has 0 saturated carbocycles. The van der Waals surface area contributed by atoms with Crippen LogP contribution < -0.4 is 0 Å². The van der Waals surface area contributed by atoms with E-state index < -0.39 is 5.97 Å². The summed E-state index contributed by atoms with van der Waals surface area (Å²) in [6.07, 6.45) is 0.977. The summed E-state index contributed by atoms with van der Waals surface area (Å²) in [5, 5.41) is 8.53. The van der Waals surface area contributed by atoms with Crippen LogP contribution in [-0.2, 0) is 9.53 Å². The first-order valence-corrected chi connectivity index (χ1v) is 5.59. The third-order valence-corrected chi connectivity index (χ3v) is 2.22. The molecular formula is C13H16O4. The maximum atomic E-state index is 11.6. The molecule has 0 amide bonds. The summed E-state index contributed by atoms with van der Waals surface area (Å²) >= 11 is 0. The molecule has 0 spiro atoms. The second-order valence-electron chi connectivity index (χ2n) is 3.62. The number of carbonyl (C=O) groups is 2. The minimum atomic E-state index is -0.517. The molecule has 0 aliphatic rings. The van der Waals surface area contributed by atoms with E-state index >= 15 is 0 Å². The van der Waals surface area contributed by atoms with Gasteiger partial charge in [-0.15, -0.1) is 0 Å². The van der Waals surface area contributed by atoms with Crippen LogP contribution in [0.4, 0.5) is 0 Å². The fourth-order valence-corrected chi connectivity index (χ4v) is 1.31. The Hall–Kier alpha value is -1.68. The lowest BCUT2D eigenvalue weighted by molar-refractivity contribution is -0.142. The second kappa shape index (κ2) is 7.57. The highest BCUT2D eigenvalue weighted by Gasteiger charge is 2.12. The SMILES string of the molecule is O=C(CC(=O)c1ccccc1)OCCCCO. The van der Waals surface area contributed by atoms with Crippen molar-refractivity contribution in [2.45, 2.75) is 19.3 Å². The van der Waals surface area contributed by atoms with E-state index in [1.807, 2.05) is 6.07 Å². The van der Waals surface area contributed by atoms with Gasteiger partial charge in [-0.3, -0.25) is 9.59 Å². The van der Waals surface area contributed by atoms with Crippen molar-refractivity contribution in [1.29, 1.82) is 0 Å². The van der Waals surface area contributed by atoms with Crippen molar-refractivity contribution in [3.8, 4) is 0 Å². The van der Waals surface area contributed by atoms with Crippen molar-refractivity contribution in [2.24, 2.45) is 0 Å². The van der Waals surface area contributed by atoms with E-state index in [1.165, 1.54) is 0 Å². The Bertz CT molecular complexity index is 359. The van der Waals surface area contributed by atoms with Crippen LogP contribution in [0, 0.1) is 0 Å². The molecule has 92 valence electrons. The first-order chi connectivity index (χ1) is 8.24. The van der Waals surface area contributed by atoms with Crippen molar-refractivity contribution in [3.05, 3.63) is 35.9 Å². The van der Waals surface area contributed by atoms with Gasteiger partial charge in [0.15, 0.2) is 5.78 Å². The fourth-order valence-electron chi connectivity index (χ4n) is 1.31. The number of carbonyl (C=O) groups excluding carboxylic acids is 2. The molecule has 1 rings (SSSR count). The van der Waals surface area contributed by atoms with Crippen LogP contribution in [0.25, 0.3) is 0 Å². The number of ether oxygens (including phenoxy) is 1. The van der Waals surface area contributed by atoms with E-state index in [2.05, 4.69) is 0 Å². The molecule has 0 atom stereocenters. The van der Waals surface area contributed by atoms with E-state index in [-0.39, 0.29) is 25.4 Å². The van der Waals surface area contributed by atoms with Gasteiger partial charge in [0.2, 0.25) is 0 Å². The maximum Gasteiger partial charge on any atom is 0.313 e. The molecule has 0 radical (unpaired) electrons. The lowest BCUT2D eigenvalue weighted by atomic mass is 10.1. The van der Waals surface area contributed by atoms with Gasteiger partial charge >= 0.3 is 5.97 Å². The average Bonchev–Trinajstić information content (AvgIpc) is 2.36. The number of benzene rings is 1. The van der Waals surface area contributed by atoms with Gasteiger partial charge in [-0.25, -0.2) is 0 Å². The lowest BCUT2D eigenvalue weighted by Gasteiger charge is -2.03. The van der Waals surface area contributed by atoms with E-state index in [0.29, 0.717) is 18.4 Å². The molecule has 0 unspecified atom stereocenters. The first kappa shape index (κ1) is 13.4. The van der Waals surface area contributed by atoms with Crippen LogP contribution in [0.2, 0.25) is 0 Å². The molecule has 0 saturated heterocycles. The average molecular weight is 236 g/mol. The van der Waals surface area contributed by atoms with Gasteiger partial charge in [0.05, 0.1) is 6.61 Å². The normalized spacial score (nSPS) is 9.94. The van der Waals surface area contributed by atoms with Crippen molar-refractivity contribution in [2.75, 3.05) is 13.2 Å². The number of aliphatic hydroxyl groups is 1. The summed E-state index contributed by atoms with van der Waals surface area (Å²) in [5.74, 6) is -0.755. The molecule has 4 heteroatoms. The quantitative estimate of drug-likeness (QED) is 0.338. The highest BCUT2D eigenvalue weighted by atomic mass is 16.5. The highest BCUT2D eigenvalue weighted by Crippen LogP contribution is 2.04. The molecule has 0 heterocycles. The van der Waals surface area contributed by atoms with Gasteiger partial charge in [0, 0.05) is 12.2 Å². The smallest absolute Gasteiger partial charge is 0.313 e. The zero-order valence-corrected chi connectivity index (χ0v) is 9.59. The van der Waals surface area contributed by atoms with Crippen LogP contribution in [0.5, 0.6) is 0 Å². The third kappa shape index (κ3) is 5.26. The Labute approximate surface area is 100 Å². The molecule has 17 heavy (non-hydrogen) atoms. The topological polar surface area (TPSA) is 63.6 Å². The van der Waals surface area contributed by atoms with Crippen molar-refractivity contribution < 1.29 is 19.4 Å². The van der Waals surface area contributed by atoms with E-state index in [4.69, 9.17) is 9.84 Å². The van der Waals surface area contributed by atoms with Crippen molar-refractivity contribution in [3.63, 3.8) is 0 Å². The fraction of sp³-hybridized carbons (Fsp3) is 0.385. The molecule has 1 N–H and O–H groups in total. The minimum Gasteiger partial charge on any atom is -0.465 e. The second-order valence-corrected chi connectivity index (χ2v) is 3.62. The molecule has 1 aromatic carbocycles. The maximum absolute atomic E-state index is 11.6. The Morgan fingerprint density at radius 2 is 1.82 bits per heavy atom. The summed E-state index contributed by atoms with van der Waals surface area (Å²) in [4.78, 5) is 22.9. The molecule has 0 bridgehead atoms. The molecule has 0 fully saturated rings. The standard InChI is InChI=1S/C13H16O4/c14-8-4-5-9-17-13(16)10-12(15)11-6-2-1-3-7-11/h1-3,6-7,14H,4-5,8-10H2. The van der Waals surface area contributed by atoms with Crippen LogP contribution >= 0.6 is 0 Å². The van der Waals surface area contributed by atoms with Gasteiger partial charge in [0.25, 0.3) is 0 Å². The monoisotopic (exact) mass is 236 g/mol. The number of esters is 1. The number of hydrogen-bond donors (Lipinski definition) is 1. The Balaban J connectivity index is 2.29. The van der Waals surface area contributed by atoms with E-state index in [9.17, 15) is 9.59 Å². The van der Waals surface area contributed by atoms with Crippen molar-refractivity contribution in [1.82, 2.24) is 0 Å². The molecule has 4 nitrogen and oxygen atoms in total. The molecule has 0 aliphatic heterocycles. The third-order valence-electron chi connectivity index (χ3n) is 2.22. The summed E-state index contributed by atoms with van der Waals surface area (Å²) in [6, 6.07) is 8.65. The number of ketones is 1. The lowest BCUT2D eigenvalue weighted by Crippen LogP contribution is -2.12. The van der Waals surface area contributed by atoms with Gasteiger partial charge in [0.1, 0.15) is 6.42 Å². The van der Waals surface area contributed by atoms with Crippen molar-refractivity contribution >= 4 is 11.8 Å². The van der Waals surface area contributed by atoms with Crippen LogP contribution in [0.15, 0.2) is 30.3 Å². The summed E-state index contributed by atoms with van der Waals surface area (Å²) in [5.41, 5.74) is 0.514. The highest BCUT2D eigenvalue weighted by molar-refractivity contribution is 6.05. The van der Waals surface area contributed by atoms with Crippen LogP contribution in [-0.4, -0.2) is 30.1 Å². The summed E-state index contributed by atoms with van der Waals surface area (Å²) in [7, 11) is 0. The Morgan fingerprint density at radius 1 is 1.12 bits per heavy atom. The predicted octanol–water partition coefficient (Wildman–Crippen LogP) is 1.58. The zero-order valence-electron chi connectivity index (χ0n) is 9.59. The van der Waals surface area contributed by atoms with Gasteiger partial charge in [-0.05, 0) is 12.8 Å². The molecule has 0 aliphatic carbocycles. The number of unbranched alkanes of at least 4 members (excludes halogenated alkanes) is 1. The summed E-state index contributed by atoms with van der Waals surface area (Å²) in [6.45, 7) is 0.335. The van der Waals surface area contributed by atoms with E-state index in [0.717, 1.165) is 0 Å². The van der Waals surface area contributed by atoms with Crippen LogP contribution in [0.3, 0.4) is 0 Å². The Kier molecular flexibility index (Phi) is 5.96. The van der Waals surface area contributed by atoms with E-state index in [1.54, 1.807) is 24.3 Å². The largest absolute Gasteiger partial charge is 0.465 e. The summed E-state index contributed by atoms with van der Waals surface area (Å²) < 4.78 is 4.87. The number of aliphatic hydroxyl groups excluding tert-OH is 1. The Morgan fingerprint density at radius 3 is 2.47 bits per heavy atom.